The molecule has 0 amide bonds. The second kappa shape index (κ2) is 4.59. The third-order valence-corrected chi connectivity index (χ3v) is 4.17. The number of nitrogens with one attached hydrogen (secondary N) is 1. The molecule has 1 saturated heterocycles. The van der Waals surface area contributed by atoms with Gasteiger partial charge in [0.25, 0.3) is 0 Å². The predicted molar refractivity (Wildman–Crippen MR) is 64.0 cm³/mol. The van der Waals surface area contributed by atoms with Gasteiger partial charge >= 0.3 is 0 Å². The molecule has 0 aliphatic carbocycles. The molecule has 2 rings (SSSR count). The van der Waals surface area contributed by atoms with Crippen molar-refractivity contribution in [3.05, 3.63) is 33.0 Å². The molecule has 1 aromatic rings. The van der Waals surface area contributed by atoms with Crippen LogP contribution in [0.5, 0.6) is 0 Å². The zero-order valence-corrected chi connectivity index (χ0v) is 10.8. The van der Waals surface area contributed by atoms with Crippen LogP contribution in [-0.4, -0.2) is 13.1 Å². The van der Waals surface area contributed by atoms with Crippen molar-refractivity contribution < 1.29 is 8.78 Å². The zero-order chi connectivity index (χ0) is 11.8. The zero-order valence-electron chi connectivity index (χ0n) is 8.49. The Bertz CT molecular complexity index is 405. The van der Waals surface area contributed by atoms with Crippen LogP contribution in [0.1, 0.15) is 18.4 Å². The van der Waals surface area contributed by atoms with Crippen molar-refractivity contribution >= 4 is 27.5 Å². The Morgan fingerprint density at radius 3 is 2.56 bits per heavy atom. The van der Waals surface area contributed by atoms with Crippen LogP contribution < -0.4 is 5.32 Å². The molecule has 1 N–H and O–H groups in total. The summed E-state index contributed by atoms with van der Waals surface area (Å²) in [5, 5.41) is 3.00. The maximum atomic E-state index is 14.5. The third kappa shape index (κ3) is 2.11. The quantitative estimate of drug-likeness (QED) is 0.778. The van der Waals surface area contributed by atoms with Crippen LogP contribution in [0.4, 0.5) is 8.78 Å². The molecule has 88 valence electrons. The molecule has 0 saturated carbocycles. The van der Waals surface area contributed by atoms with Gasteiger partial charge in [-0.3, -0.25) is 0 Å². The average molecular weight is 311 g/mol. The second-order valence-corrected chi connectivity index (χ2v) is 5.17. The highest BCUT2D eigenvalue weighted by Gasteiger charge is 2.36. The summed E-state index contributed by atoms with van der Waals surface area (Å²) in [5.41, 5.74) is -1.53. The number of halogens is 4. The molecule has 1 aliphatic rings. The Morgan fingerprint density at radius 1 is 1.31 bits per heavy atom. The summed E-state index contributed by atoms with van der Waals surface area (Å²) in [7, 11) is 0. The smallest absolute Gasteiger partial charge is 0.149 e. The van der Waals surface area contributed by atoms with Crippen LogP contribution in [0.25, 0.3) is 0 Å². The van der Waals surface area contributed by atoms with Gasteiger partial charge < -0.3 is 5.32 Å². The van der Waals surface area contributed by atoms with E-state index in [1.165, 1.54) is 6.07 Å². The van der Waals surface area contributed by atoms with Crippen LogP contribution in [0.15, 0.2) is 16.6 Å². The van der Waals surface area contributed by atoms with E-state index in [0.717, 1.165) is 0 Å². The summed E-state index contributed by atoms with van der Waals surface area (Å²) < 4.78 is 28.8. The molecule has 16 heavy (non-hydrogen) atoms. The predicted octanol–water partition coefficient (Wildman–Crippen LogP) is 3.79. The lowest BCUT2D eigenvalue weighted by Gasteiger charge is -2.31. The van der Waals surface area contributed by atoms with Gasteiger partial charge in [-0.2, -0.15) is 0 Å². The van der Waals surface area contributed by atoms with Crippen LogP contribution in [0.3, 0.4) is 0 Å². The molecule has 0 radical (unpaired) electrons. The summed E-state index contributed by atoms with van der Waals surface area (Å²) in [4.78, 5) is 0. The number of benzene rings is 1. The summed E-state index contributed by atoms with van der Waals surface area (Å²) in [6.07, 6.45) is 0.559. The van der Waals surface area contributed by atoms with Gasteiger partial charge in [0, 0.05) is 10.0 Å². The minimum atomic E-state index is -1.60. The van der Waals surface area contributed by atoms with Gasteiger partial charge in [-0.15, -0.1) is 0 Å². The van der Waals surface area contributed by atoms with Crippen LogP contribution in [0.2, 0.25) is 5.02 Å². The van der Waals surface area contributed by atoms with E-state index in [1.54, 1.807) is 6.07 Å². The molecule has 0 bridgehead atoms. The molecule has 0 atom stereocenters. The first-order chi connectivity index (χ1) is 7.54. The Kier molecular flexibility index (Phi) is 3.52. The van der Waals surface area contributed by atoms with Gasteiger partial charge in [-0.25, -0.2) is 8.78 Å². The van der Waals surface area contributed by atoms with Crippen LogP contribution >= 0.6 is 27.5 Å². The van der Waals surface area contributed by atoms with Crippen molar-refractivity contribution in [1.29, 1.82) is 0 Å². The molecular formula is C11H11BrClF2N. The van der Waals surface area contributed by atoms with Crippen LogP contribution in [0, 0.1) is 5.82 Å². The lowest BCUT2D eigenvalue weighted by molar-refractivity contribution is 0.110. The lowest BCUT2D eigenvalue weighted by Crippen LogP contribution is -2.37. The highest BCUT2D eigenvalue weighted by Crippen LogP contribution is 2.40. The Labute approximate surface area is 106 Å². The molecule has 1 aliphatic heterocycles. The molecule has 1 heterocycles. The Balaban J connectivity index is 2.43. The van der Waals surface area contributed by atoms with Gasteiger partial charge in [-0.1, -0.05) is 17.7 Å². The van der Waals surface area contributed by atoms with E-state index < -0.39 is 11.5 Å². The fraction of sp³-hybridized carbons (Fsp3) is 0.455. The number of alkyl halides is 1. The second-order valence-electron chi connectivity index (χ2n) is 3.94. The molecule has 1 aromatic carbocycles. The van der Waals surface area contributed by atoms with Gasteiger partial charge in [0.15, 0.2) is 0 Å². The molecule has 5 heteroatoms. The number of hydrogen-bond acceptors (Lipinski definition) is 1. The molecule has 0 aromatic heterocycles. The summed E-state index contributed by atoms with van der Waals surface area (Å²) in [6.45, 7) is 1.12. The monoisotopic (exact) mass is 309 g/mol. The minimum Gasteiger partial charge on any atom is -0.316 e. The number of hydrogen-bond donors (Lipinski definition) is 1. The number of rotatable bonds is 1. The number of piperidine rings is 1. The van der Waals surface area contributed by atoms with Gasteiger partial charge in [-0.05, 0) is 47.9 Å². The van der Waals surface area contributed by atoms with E-state index in [-0.39, 0.29) is 23.4 Å². The largest absolute Gasteiger partial charge is 0.316 e. The first kappa shape index (κ1) is 12.3. The molecule has 1 fully saturated rings. The van der Waals surface area contributed by atoms with Crippen molar-refractivity contribution in [3.8, 4) is 0 Å². The van der Waals surface area contributed by atoms with Crippen molar-refractivity contribution in [1.82, 2.24) is 5.32 Å². The van der Waals surface area contributed by atoms with Crippen molar-refractivity contribution in [3.63, 3.8) is 0 Å². The molecule has 0 unspecified atom stereocenters. The molecular weight excluding hydrogens is 299 g/mol. The highest BCUT2D eigenvalue weighted by atomic mass is 79.9. The van der Waals surface area contributed by atoms with E-state index in [4.69, 9.17) is 11.6 Å². The fourth-order valence-corrected chi connectivity index (χ4v) is 2.44. The van der Waals surface area contributed by atoms with Crippen molar-refractivity contribution in [2.24, 2.45) is 0 Å². The van der Waals surface area contributed by atoms with Crippen molar-refractivity contribution in [2.45, 2.75) is 18.5 Å². The minimum absolute atomic E-state index is 0.0481. The molecule has 0 spiro atoms. The summed E-state index contributed by atoms with van der Waals surface area (Å²) in [6, 6.07) is 3.06. The average Bonchev–Trinajstić information content (AvgIpc) is 2.27. The van der Waals surface area contributed by atoms with Crippen LogP contribution in [-0.2, 0) is 5.67 Å². The normalized spacial score (nSPS) is 19.8. The first-order valence-corrected chi connectivity index (χ1v) is 6.25. The third-order valence-electron chi connectivity index (χ3n) is 2.91. The lowest BCUT2D eigenvalue weighted by atomic mass is 9.86. The van der Waals surface area contributed by atoms with Gasteiger partial charge in [0.05, 0.1) is 5.02 Å². The van der Waals surface area contributed by atoms with Gasteiger partial charge in [0.2, 0.25) is 0 Å². The topological polar surface area (TPSA) is 12.0 Å². The summed E-state index contributed by atoms with van der Waals surface area (Å²) >= 11 is 8.87. The fourth-order valence-electron chi connectivity index (χ4n) is 1.96. The van der Waals surface area contributed by atoms with Gasteiger partial charge in [0.1, 0.15) is 11.5 Å². The van der Waals surface area contributed by atoms with E-state index >= 15 is 0 Å². The maximum Gasteiger partial charge on any atom is 0.149 e. The van der Waals surface area contributed by atoms with E-state index in [1.807, 2.05) is 0 Å². The Morgan fingerprint density at radius 2 is 1.94 bits per heavy atom. The van der Waals surface area contributed by atoms with E-state index in [0.29, 0.717) is 17.6 Å². The highest BCUT2D eigenvalue weighted by molar-refractivity contribution is 9.10. The molecule has 1 nitrogen and oxygen atoms in total. The Hall–Kier alpha value is -0.190. The van der Waals surface area contributed by atoms with Crippen molar-refractivity contribution in [2.75, 3.05) is 13.1 Å². The maximum absolute atomic E-state index is 14.5. The van der Waals surface area contributed by atoms with E-state index in [9.17, 15) is 8.78 Å². The first-order valence-electron chi connectivity index (χ1n) is 5.08. The summed E-state index contributed by atoms with van der Waals surface area (Å²) in [5.74, 6) is -0.652. The van der Waals surface area contributed by atoms with E-state index in [2.05, 4.69) is 21.2 Å². The standard InChI is InChI=1S/C11H11BrClF2N/c12-8-2-1-7(10(14)9(8)13)11(15)3-5-16-6-4-11/h1-2,16H,3-6H2. The SMILES string of the molecule is Fc1c(C2(F)CCNCC2)ccc(Br)c1Cl.